The fraction of sp³-hybridized carbons (Fsp3) is 0.231. The highest BCUT2D eigenvalue weighted by atomic mass is 16.3. The maximum Gasteiger partial charge on any atom is 0.135 e. The minimum atomic E-state index is -0.751. The van der Waals surface area contributed by atoms with Crippen LogP contribution in [0.5, 0.6) is 0 Å². The molecule has 14 heavy (non-hydrogen) atoms. The van der Waals surface area contributed by atoms with Crippen molar-refractivity contribution in [2.45, 2.75) is 19.4 Å². The number of aliphatic hydroxyl groups excluding tert-OH is 1. The Morgan fingerprint density at radius 3 is 2.71 bits per heavy atom. The quantitative estimate of drug-likeness (QED) is 0.566. The van der Waals surface area contributed by atoms with Crippen LogP contribution in [0.4, 0.5) is 0 Å². The predicted molar refractivity (Wildman–Crippen MR) is 58.7 cm³/mol. The van der Waals surface area contributed by atoms with Gasteiger partial charge >= 0.3 is 0 Å². The summed E-state index contributed by atoms with van der Waals surface area (Å²) in [6, 6.07) is 10.1. The molecule has 0 fully saturated rings. The molecule has 0 spiro atoms. The standard InChI is InChI=1S/C13H14O/c1-3-13(14)11(2)9-10-12-7-5-4-6-8-12/h1,4-9,13-14H,10H2,2H3/b11-9-. The lowest BCUT2D eigenvalue weighted by atomic mass is 10.1. The van der Waals surface area contributed by atoms with Crippen LogP contribution in [-0.2, 0) is 6.42 Å². The fourth-order valence-electron chi connectivity index (χ4n) is 1.14. The third-order valence-corrected chi connectivity index (χ3v) is 2.09. The van der Waals surface area contributed by atoms with E-state index in [9.17, 15) is 5.11 Å². The number of hydrogen-bond donors (Lipinski definition) is 1. The van der Waals surface area contributed by atoms with Crippen LogP contribution < -0.4 is 0 Å². The SMILES string of the molecule is C#CC(O)/C(C)=C\Cc1ccccc1. The van der Waals surface area contributed by atoms with Gasteiger partial charge in [-0.1, -0.05) is 42.3 Å². The summed E-state index contributed by atoms with van der Waals surface area (Å²) < 4.78 is 0. The molecule has 0 aliphatic rings. The summed E-state index contributed by atoms with van der Waals surface area (Å²) in [5.41, 5.74) is 2.05. The van der Waals surface area contributed by atoms with Gasteiger partial charge in [0.15, 0.2) is 0 Å². The summed E-state index contributed by atoms with van der Waals surface area (Å²) in [5, 5.41) is 9.30. The summed E-state index contributed by atoms with van der Waals surface area (Å²) in [6.45, 7) is 1.84. The molecule has 1 aromatic rings. The highest BCUT2D eigenvalue weighted by Gasteiger charge is 1.99. The van der Waals surface area contributed by atoms with Crippen molar-refractivity contribution in [2.24, 2.45) is 0 Å². The molecule has 0 radical (unpaired) electrons. The highest BCUT2D eigenvalue weighted by molar-refractivity contribution is 5.22. The maximum absolute atomic E-state index is 9.30. The predicted octanol–water partition coefficient (Wildman–Crippen LogP) is 2.17. The van der Waals surface area contributed by atoms with Crippen molar-refractivity contribution in [1.82, 2.24) is 0 Å². The van der Waals surface area contributed by atoms with Gasteiger partial charge in [0, 0.05) is 0 Å². The summed E-state index contributed by atoms with van der Waals surface area (Å²) >= 11 is 0. The fourth-order valence-corrected chi connectivity index (χ4v) is 1.14. The zero-order valence-corrected chi connectivity index (χ0v) is 8.27. The van der Waals surface area contributed by atoms with Crippen molar-refractivity contribution in [1.29, 1.82) is 0 Å². The minimum Gasteiger partial charge on any atom is -0.376 e. The van der Waals surface area contributed by atoms with Crippen LogP contribution in [0.15, 0.2) is 42.0 Å². The highest BCUT2D eigenvalue weighted by Crippen LogP contribution is 2.05. The van der Waals surface area contributed by atoms with Crippen molar-refractivity contribution in [2.75, 3.05) is 0 Å². The van der Waals surface area contributed by atoms with E-state index in [4.69, 9.17) is 6.42 Å². The number of aliphatic hydroxyl groups is 1. The third kappa shape index (κ3) is 3.08. The van der Waals surface area contributed by atoms with Crippen molar-refractivity contribution in [3.05, 3.63) is 47.5 Å². The van der Waals surface area contributed by atoms with Crippen molar-refractivity contribution in [3.8, 4) is 12.3 Å². The van der Waals surface area contributed by atoms with Gasteiger partial charge in [-0.25, -0.2) is 0 Å². The summed E-state index contributed by atoms with van der Waals surface area (Å²) in [7, 11) is 0. The molecule has 0 aliphatic carbocycles. The molecule has 1 unspecified atom stereocenters. The second kappa shape index (κ2) is 5.26. The first kappa shape index (κ1) is 10.6. The Balaban J connectivity index is 2.60. The van der Waals surface area contributed by atoms with Crippen LogP contribution in [0.2, 0.25) is 0 Å². The van der Waals surface area contributed by atoms with E-state index >= 15 is 0 Å². The molecule has 0 amide bonds. The lowest BCUT2D eigenvalue weighted by Crippen LogP contribution is -2.04. The Kier molecular flexibility index (Phi) is 3.97. The monoisotopic (exact) mass is 186 g/mol. The number of terminal acetylenes is 1. The molecule has 1 N–H and O–H groups in total. The van der Waals surface area contributed by atoms with Crippen LogP contribution >= 0.6 is 0 Å². The molecule has 0 bridgehead atoms. The summed E-state index contributed by atoms with van der Waals surface area (Å²) in [5.74, 6) is 2.29. The molecule has 0 aliphatic heterocycles. The van der Waals surface area contributed by atoms with Crippen LogP contribution in [0.3, 0.4) is 0 Å². The maximum atomic E-state index is 9.30. The average molecular weight is 186 g/mol. The molecule has 0 aromatic heterocycles. The Morgan fingerprint density at radius 1 is 1.50 bits per heavy atom. The molecule has 1 rings (SSSR count). The van der Waals surface area contributed by atoms with E-state index in [1.54, 1.807) is 0 Å². The van der Waals surface area contributed by atoms with Gasteiger partial charge < -0.3 is 5.11 Å². The van der Waals surface area contributed by atoms with Gasteiger partial charge in [-0.05, 0) is 24.5 Å². The van der Waals surface area contributed by atoms with Crippen LogP contribution in [0, 0.1) is 12.3 Å². The van der Waals surface area contributed by atoms with E-state index in [2.05, 4.69) is 5.92 Å². The van der Waals surface area contributed by atoms with Gasteiger partial charge in [0.25, 0.3) is 0 Å². The Labute approximate surface area is 85.1 Å². The molecule has 0 heterocycles. The largest absolute Gasteiger partial charge is 0.376 e. The van der Waals surface area contributed by atoms with E-state index in [1.165, 1.54) is 5.56 Å². The van der Waals surface area contributed by atoms with Gasteiger partial charge in [0.1, 0.15) is 6.10 Å². The molecular weight excluding hydrogens is 172 g/mol. The topological polar surface area (TPSA) is 20.2 Å². The zero-order valence-electron chi connectivity index (χ0n) is 8.27. The molecule has 1 atom stereocenters. The van der Waals surface area contributed by atoms with Crippen molar-refractivity contribution >= 4 is 0 Å². The number of benzene rings is 1. The first-order valence-electron chi connectivity index (χ1n) is 4.59. The second-order valence-electron chi connectivity index (χ2n) is 3.21. The lowest BCUT2D eigenvalue weighted by Gasteiger charge is -2.03. The van der Waals surface area contributed by atoms with E-state index < -0.39 is 6.10 Å². The van der Waals surface area contributed by atoms with Crippen molar-refractivity contribution < 1.29 is 5.11 Å². The molecule has 1 nitrogen and oxygen atoms in total. The van der Waals surface area contributed by atoms with Crippen molar-refractivity contribution in [3.63, 3.8) is 0 Å². The Hall–Kier alpha value is -1.52. The van der Waals surface area contributed by atoms with Crippen LogP contribution in [0.25, 0.3) is 0 Å². The lowest BCUT2D eigenvalue weighted by molar-refractivity contribution is 0.268. The van der Waals surface area contributed by atoms with Crippen LogP contribution in [-0.4, -0.2) is 11.2 Å². The molecule has 72 valence electrons. The van der Waals surface area contributed by atoms with Gasteiger partial charge in [-0.2, -0.15) is 0 Å². The summed E-state index contributed by atoms with van der Waals surface area (Å²) in [4.78, 5) is 0. The summed E-state index contributed by atoms with van der Waals surface area (Å²) in [6.07, 6.45) is 7.12. The second-order valence-corrected chi connectivity index (χ2v) is 3.21. The van der Waals surface area contributed by atoms with E-state index in [0.29, 0.717) is 0 Å². The first-order valence-corrected chi connectivity index (χ1v) is 4.59. The number of rotatable bonds is 3. The molecule has 1 aromatic carbocycles. The number of allylic oxidation sites excluding steroid dienone is 1. The third-order valence-electron chi connectivity index (χ3n) is 2.09. The van der Waals surface area contributed by atoms with E-state index in [1.807, 2.05) is 43.3 Å². The number of hydrogen-bond acceptors (Lipinski definition) is 1. The smallest absolute Gasteiger partial charge is 0.135 e. The Bertz CT molecular complexity index is 343. The average Bonchev–Trinajstić information content (AvgIpc) is 2.26. The molecule has 0 saturated carbocycles. The molecule has 1 heteroatoms. The first-order chi connectivity index (χ1) is 6.74. The van der Waals surface area contributed by atoms with E-state index in [-0.39, 0.29) is 0 Å². The minimum absolute atomic E-state index is 0.751. The van der Waals surface area contributed by atoms with Gasteiger partial charge in [-0.3, -0.25) is 0 Å². The zero-order chi connectivity index (χ0) is 10.4. The van der Waals surface area contributed by atoms with Gasteiger partial charge in [-0.15, -0.1) is 6.42 Å². The molecular formula is C13H14O. The van der Waals surface area contributed by atoms with Gasteiger partial charge in [0.05, 0.1) is 0 Å². The normalized spacial score (nSPS) is 13.4. The molecule has 0 saturated heterocycles. The van der Waals surface area contributed by atoms with Crippen LogP contribution in [0.1, 0.15) is 12.5 Å². The Morgan fingerprint density at radius 2 is 2.14 bits per heavy atom. The van der Waals surface area contributed by atoms with E-state index in [0.717, 1.165) is 12.0 Å². The van der Waals surface area contributed by atoms with Gasteiger partial charge in [0.2, 0.25) is 0 Å².